The summed E-state index contributed by atoms with van der Waals surface area (Å²) in [5.41, 5.74) is 7.04. The molecule has 1 aliphatic rings. The fourth-order valence-corrected chi connectivity index (χ4v) is 3.38. The third-order valence-corrected chi connectivity index (χ3v) is 4.44. The first-order valence-electron chi connectivity index (χ1n) is 7.51. The van der Waals surface area contributed by atoms with Crippen molar-refractivity contribution in [1.29, 1.82) is 0 Å². The molecule has 21 heavy (non-hydrogen) atoms. The molecule has 1 fully saturated rings. The van der Waals surface area contributed by atoms with E-state index in [1.807, 2.05) is 18.2 Å². The number of aliphatic hydroxyl groups excluding tert-OH is 1. The van der Waals surface area contributed by atoms with Crippen molar-refractivity contribution in [3.63, 3.8) is 0 Å². The molecule has 5 heteroatoms. The lowest BCUT2D eigenvalue weighted by molar-refractivity contribution is 0.149. The molecule has 0 aliphatic heterocycles. The predicted molar refractivity (Wildman–Crippen MR) is 85.0 cm³/mol. The highest BCUT2D eigenvalue weighted by Crippen LogP contribution is 2.35. The molecule has 0 spiro atoms. The standard InChI is InChI=1S/C16H22N4O/c1-11-3-2-6-16(8-11,9-21)20-15-13-5-4-12(17)7-14(13)18-10-19-15/h4-5,7,10-11,21H,2-3,6,8-9,17H2,1H3,(H,18,19,20). The number of fused-ring (bicyclic) bond motifs is 1. The summed E-state index contributed by atoms with van der Waals surface area (Å²) in [5.74, 6) is 1.39. The smallest absolute Gasteiger partial charge is 0.137 e. The average Bonchev–Trinajstić information content (AvgIpc) is 2.47. The first kappa shape index (κ1) is 14.1. The fourth-order valence-electron chi connectivity index (χ4n) is 3.38. The lowest BCUT2D eigenvalue weighted by Gasteiger charge is -2.40. The zero-order valence-electron chi connectivity index (χ0n) is 12.3. The number of aromatic nitrogens is 2. The van der Waals surface area contributed by atoms with Crippen LogP contribution in [0.3, 0.4) is 0 Å². The second kappa shape index (κ2) is 5.48. The molecule has 0 bridgehead atoms. The molecule has 1 heterocycles. The van der Waals surface area contributed by atoms with E-state index in [1.165, 1.54) is 6.42 Å². The summed E-state index contributed by atoms with van der Waals surface area (Å²) in [6.07, 6.45) is 5.83. The summed E-state index contributed by atoms with van der Waals surface area (Å²) in [6, 6.07) is 5.63. The van der Waals surface area contributed by atoms with Crippen LogP contribution in [0.1, 0.15) is 32.6 Å². The summed E-state index contributed by atoms with van der Waals surface area (Å²) < 4.78 is 0. The van der Waals surface area contributed by atoms with Gasteiger partial charge >= 0.3 is 0 Å². The van der Waals surface area contributed by atoms with Crippen molar-refractivity contribution in [3.8, 4) is 0 Å². The summed E-state index contributed by atoms with van der Waals surface area (Å²) >= 11 is 0. The molecule has 1 aliphatic carbocycles. The van der Waals surface area contributed by atoms with Gasteiger partial charge in [-0.15, -0.1) is 0 Å². The van der Waals surface area contributed by atoms with Crippen LogP contribution < -0.4 is 11.1 Å². The summed E-state index contributed by atoms with van der Waals surface area (Å²) in [6.45, 7) is 2.36. The molecule has 2 unspecified atom stereocenters. The summed E-state index contributed by atoms with van der Waals surface area (Å²) in [4.78, 5) is 8.64. The van der Waals surface area contributed by atoms with Gasteiger partial charge in [-0.3, -0.25) is 0 Å². The Bertz CT molecular complexity index is 645. The number of hydrogen-bond donors (Lipinski definition) is 3. The Morgan fingerprint density at radius 2 is 2.29 bits per heavy atom. The topological polar surface area (TPSA) is 84.1 Å². The minimum absolute atomic E-state index is 0.123. The molecule has 0 amide bonds. The molecular weight excluding hydrogens is 264 g/mol. The highest BCUT2D eigenvalue weighted by molar-refractivity contribution is 5.90. The fraction of sp³-hybridized carbons (Fsp3) is 0.500. The number of nitrogens with zero attached hydrogens (tertiary/aromatic N) is 2. The zero-order chi connectivity index (χ0) is 14.9. The van der Waals surface area contributed by atoms with Crippen LogP contribution in [0.15, 0.2) is 24.5 Å². The normalized spacial score (nSPS) is 25.9. The van der Waals surface area contributed by atoms with Gasteiger partial charge in [0.1, 0.15) is 12.1 Å². The maximum absolute atomic E-state index is 9.91. The van der Waals surface area contributed by atoms with Crippen molar-refractivity contribution in [2.24, 2.45) is 5.92 Å². The predicted octanol–water partition coefficient (Wildman–Crippen LogP) is 2.57. The number of anilines is 2. The Hall–Kier alpha value is -1.88. The number of nitrogen functional groups attached to an aromatic ring is 1. The van der Waals surface area contributed by atoms with Crippen LogP contribution in [0, 0.1) is 5.92 Å². The van der Waals surface area contributed by atoms with Gasteiger partial charge in [-0.2, -0.15) is 0 Å². The van der Waals surface area contributed by atoms with E-state index in [0.717, 1.165) is 36.0 Å². The number of nitrogens with one attached hydrogen (secondary N) is 1. The van der Waals surface area contributed by atoms with E-state index in [0.29, 0.717) is 11.6 Å². The van der Waals surface area contributed by atoms with Crippen molar-refractivity contribution < 1.29 is 5.11 Å². The van der Waals surface area contributed by atoms with Gasteiger partial charge in [0.05, 0.1) is 17.7 Å². The van der Waals surface area contributed by atoms with E-state index in [9.17, 15) is 5.11 Å². The maximum Gasteiger partial charge on any atom is 0.137 e. The second-order valence-corrected chi connectivity index (χ2v) is 6.26. The quantitative estimate of drug-likeness (QED) is 0.755. The monoisotopic (exact) mass is 286 g/mol. The molecular formula is C16H22N4O. The maximum atomic E-state index is 9.91. The molecule has 112 valence electrons. The van der Waals surface area contributed by atoms with Gasteiger partial charge in [0.2, 0.25) is 0 Å². The largest absolute Gasteiger partial charge is 0.399 e. The van der Waals surface area contributed by atoms with Crippen LogP contribution in [0.2, 0.25) is 0 Å². The number of nitrogens with two attached hydrogens (primary N) is 1. The van der Waals surface area contributed by atoms with E-state index >= 15 is 0 Å². The molecule has 1 saturated carbocycles. The van der Waals surface area contributed by atoms with Gasteiger partial charge in [-0.05, 0) is 37.0 Å². The van der Waals surface area contributed by atoms with Crippen LogP contribution in [0.5, 0.6) is 0 Å². The number of rotatable bonds is 3. The van der Waals surface area contributed by atoms with E-state index < -0.39 is 0 Å². The van der Waals surface area contributed by atoms with Gasteiger partial charge in [0, 0.05) is 11.1 Å². The highest BCUT2D eigenvalue weighted by Gasteiger charge is 2.35. The van der Waals surface area contributed by atoms with Crippen LogP contribution in [-0.4, -0.2) is 27.2 Å². The Balaban J connectivity index is 1.96. The molecule has 1 aromatic carbocycles. The molecule has 1 aromatic heterocycles. The van der Waals surface area contributed by atoms with Crippen LogP contribution in [0.25, 0.3) is 10.9 Å². The third kappa shape index (κ3) is 2.78. The first-order valence-corrected chi connectivity index (χ1v) is 7.51. The number of hydrogen-bond acceptors (Lipinski definition) is 5. The van der Waals surface area contributed by atoms with Gasteiger partial charge in [0.15, 0.2) is 0 Å². The van der Waals surface area contributed by atoms with Crippen LogP contribution in [0.4, 0.5) is 11.5 Å². The first-order chi connectivity index (χ1) is 10.1. The second-order valence-electron chi connectivity index (χ2n) is 6.26. The Morgan fingerprint density at radius 3 is 3.05 bits per heavy atom. The molecule has 3 rings (SSSR count). The Morgan fingerprint density at radius 1 is 1.43 bits per heavy atom. The van der Waals surface area contributed by atoms with Crippen LogP contribution >= 0.6 is 0 Å². The average molecular weight is 286 g/mol. The van der Waals surface area contributed by atoms with E-state index in [2.05, 4.69) is 22.2 Å². The van der Waals surface area contributed by atoms with Crippen molar-refractivity contribution in [1.82, 2.24) is 9.97 Å². The Kier molecular flexibility index (Phi) is 3.68. The minimum Gasteiger partial charge on any atom is -0.399 e. The van der Waals surface area contributed by atoms with E-state index in [-0.39, 0.29) is 12.1 Å². The van der Waals surface area contributed by atoms with E-state index in [4.69, 9.17) is 5.73 Å². The van der Waals surface area contributed by atoms with Crippen LogP contribution in [-0.2, 0) is 0 Å². The molecule has 5 nitrogen and oxygen atoms in total. The van der Waals surface area contributed by atoms with Gasteiger partial charge in [0.25, 0.3) is 0 Å². The lowest BCUT2D eigenvalue weighted by Crippen LogP contribution is -2.46. The van der Waals surface area contributed by atoms with Crippen molar-refractivity contribution in [2.45, 2.75) is 38.1 Å². The Labute approximate surface area is 124 Å². The molecule has 2 aromatic rings. The number of aliphatic hydroxyl groups is 1. The molecule has 4 N–H and O–H groups in total. The minimum atomic E-state index is -0.277. The van der Waals surface area contributed by atoms with Gasteiger partial charge in [-0.25, -0.2) is 9.97 Å². The van der Waals surface area contributed by atoms with Gasteiger partial charge < -0.3 is 16.2 Å². The van der Waals surface area contributed by atoms with E-state index in [1.54, 1.807) is 6.33 Å². The SMILES string of the molecule is CC1CCCC(CO)(Nc2ncnc3cc(N)ccc23)C1. The van der Waals surface area contributed by atoms with Crippen molar-refractivity contribution >= 4 is 22.4 Å². The van der Waals surface area contributed by atoms with Gasteiger partial charge in [-0.1, -0.05) is 19.8 Å². The highest BCUT2D eigenvalue weighted by atomic mass is 16.3. The molecule has 0 saturated heterocycles. The third-order valence-electron chi connectivity index (χ3n) is 4.44. The van der Waals surface area contributed by atoms with Crippen molar-refractivity contribution in [2.75, 3.05) is 17.7 Å². The van der Waals surface area contributed by atoms with Crippen molar-refractivity contribution in [3.05, 3.63) is 24.5 Å². The number of benzene rings is 1. The summed E-state index contributed by atoms with van der Waals surface area (Å²) in [7, 11) is 0. The zero-order valence-corrected chi connectivity index (χ0v) is 12.3. The molecule has 2 atom stereocenters. The molecule has 0 radical (unpaired) electrons. The lowest BCUT2D eigenvalue weighted by atomic mass is 9.77. The summed E-state index contributed by atoms with van der Waals surface area (Å²) in [5, 5.41) is 14.3.